The minimum atomic E-state index is -3.75. The van der Waals surface area contributed by atoms with Gasteiger partial charge in [-0.05, 0) is 56.2 Å². The van der Waals surface area contributed by atoms with Crippen molar-refractivity contribution >= 4 is 15.9 Å². The van der Waals surface area contributed by atoms with Crippen LogP contribution in [0.3, 0.4) is 0 Å². The summed E-state index contributed by atoms with van der Waals surface area (Å²) < 4.78 is 28.1. The molecular formula is C20H20N4O3S. The van der Waals surface area contributed by atoms with Gasteiger partial charge in [0, 0.05) is 31.5 Å². The highest BCUT2D eigenvalue weighted by Gasteiger charge is 2.51. The van der Waals surface area contributed by atoms with E-state index in [9.17, 15) is 13.2 Å². The second-order valence-corrected chi connectivity index (χ2v) is 9.44. The zero-order valence-electron chi connectivity index (χ0n) is 15.9. The van der Waals surface area contributed by atoms with E-state index in [2.05, 4.69) is 4.98 Å². The largest absolute Gasteiger partial charge is 0.326 e. The molecule has 0 N–H and O–H groups in total. The van der Waals surface area contributed by atoms with Crippen molar-refractivity contribution in [3.8, 4) is 6.07 Å². The van der Waals surface area contributed by atoms with E-state index in [1.54, 1.807) is 24.1 Å². The number of rotatable bonds is 2. The van der Waals surface area contributed by atoms with Crippen LogP contribution in [-0.2, 0) is 15.6 Å². The van der Waals surface area contributed by atoms with Gasteiger partial charge >= 0.3 is 0 Å². The SMILES string of the molecule is Cc1cc2c(cn1)C(=O)N1CCN(S(=O)(=O)c3ccc(C#N)cc3C)CC21C. The van der Waals surface area contributed by atoms with Crippen molar-refractivity contribution in [1.82, 2.24) is 14.2 Å². The van der Waals surface area contributed by atoms with E-state index < -0.39 is 15.6 Å². The van der Waals surface area contributed by atoms with E-state index in [-0.39, 0.29) is 23.9 Å². The van der Waals surface area contributed by atoms with Crippen molar-refractivity contribution in [2.75, 3.05) is 19.6 Å². The molecule has 1 saturated heterocycles. The van der Waals surface area contributed by atoms with Crippen LogP contribution in [0.5, 0.6) is 0 Å². The second-order valence-electron chi connectivity index (χ2n) is 7.53. The molecule has 2 aliphatic heterocycles. The van der Waals surface area contributed by atoms with Gasteiger partial charge in [0.2, 0.25) is 10.0 Å². The van der Waals surface area contributed by atoms with Crippen molar-refractivity contribution in [2.45, 2.75) is 31.2 Å². The number of piperazine rings is 1. The minimum Gasteiger partial charge on any atom is -0.326 e. The van der Waals surface area contributed by atoms with Crippen LogP contribution in [-0.4, -0.2) is 48.1 Å². The summed E-state index contributed by atoms with van der Waals surface area (Å²) in [7, 11) is -3.75. The summed E-state index contributed by atoms with van der Waals surface area (Å²) in [6.07, 6.45) is 1.58. The van der Waals surface area contributed by atoms with Crippen molar-refractivity contribution in [1.29, 1.82) is 5.26 Å². The van der Waals surface area contributed by atoms with Crippen molar-refractivity contribution in [2.24, 2.45) is 0 Å². The molecule has 1 atom stereocenters. The van der Waals surface area contributed by atoms with Gasteiger partial charge in [-0.2, -0.15) is 9.57 Å². The minimum absolute atomic E-state index is 0.100. The average Bonchev–Trinajstić information content (AvgIpc) is 2.87. The first-order valence-corrected chi connectivity index (χ1v) is 10.4. The number of sulfonamides is 1. The molecule has 144 valence electrons. The first kappa shape index (κ1) is 18.6. The predicted molar refractivity (Wildman–Crippen MR) is 102 cm³/mol. The Hall–Kier alpha value is -2.76. The monoisotopic (exact) mass is 396 g/mol. The Bertz CT molecular complexity index is 1150. The lowest BCUT2D eigenvalue weighted by atomic mass is 9.90. The van der Waals surface area contributed by atoms with Crippen LogP contribution >= 0.6 is 0 Å². The summed E-state index contributed by atoms with van der Waals surface area (Å²) in [5.74, 6) is -0.100. The van der Waals surface area contributed by atoms with Crippen LogP contribution in [0.25, 0.3) is 0 Å². The summed E-state index contributed by atoms with van der Waals surface area (Å²) in [6, 6.07) is 8.47. The zero-order chi connectivity index (χ0) is 20.3. The van der Waals surface area contributed by atoms with Crippen molar-refractivity contribution in [3.05, 3.63) is 58.4 Å². The third-order valence-corrected chi connectivity index (χ3v) is 7.68. The van der Waals surface area contributed by atoms with Gasteiger partial charge in [-0.1, -0.05) is 0 Å². The van der Waals surface area contributed by atoms with Crippen LogP contribution in [0, 0.1) is 25.2 Å². The smallest absolute Gasteiger partial charge is 0.256 e. The summed E-state index contributed by atoms with van der Waals surface area (Å²) in [4.78, 5) is 19.0. The van der Waals surface area contributed by atoms with Crippen LogP contribution in [0.1, 0.15) is 39.7 Å². The normalized spacial score (nSPS) is 21.9. The van der Waals surface area contributed by atoms with E-state index >= 15 is 0 Å². The Morgan fingerprint density at radius 1 is 1.21 bits per heavy atom. The van der Waals surface area contributed by atoms with E-state index in [1.807, 2.05) is 26.0 Å². The van der Waals surface area contributed by atoms with Gasteiger partial charge in [-0.15, -0.1) is 0 Å². The predicted octanol–water partition coefficient (Wildman–Crippen LogP) is 1.95. The van der Waals surface area contributed by atoms with Crippen molar-refractivity contribution in [3.63, 3.8) is 0 Å². The van der Waals surface area contributed by atoms with Gasteiger partial charge in [0.15, 0.2) is 0 Å². The van der Waals surface area contributed by atoms with Crippen LogP contribution in [0.4, 0.5) is 0 Å². The highest BCUT2D eigenvalue weighted by Crippen LogP contribution is 2.42. The third-order valence-electron chi connectivity index (χ3n) is 5.67. The Balaban J connectivity index is 1.75. The molecule has 3 heterocycles. The molecule has 8 heteroatoms. The molecule has 0 saturated carbocycles. The summed E-state index contributed by atoms with van der Waals surface area (Å²) in [6.45, 7) is 6.17. The third kappa shape index (κ3) is 2.54. The Morgan fingerprint density at radius 2 is 1.96 bits per heavy atom. The molecule has 1 aromatic heterocycles. The molecule has 1 aromatic carbocycles. The lowest BCUT2D eigenvalue weighted by molar-refractivity contribution is 0.0376. The lowest BCUT2D eigenvalue weighted by Crippen LogP contribution is -2.58. The van der Waals surface area contributed by atoms with Gasteiger partial charge in [-0.25, -0.2) is 8.42 Å². The van der Waals surface area contributed by atoms with Gasteiger partial charge in [0.25, 0.3) is 5.91 Å². The molecule has 7 nitrogen and oxygen atoms in total. The number of carbonyl (C=O) groups is 1. The Kier molecular flexibility index (Phi) is 4.07. The molecule has 0 aliphatic carbocycles. The average molecular weight is 396 g/mol. The number of nitrogens with zero attached hydrogens (tertiary/aromatic N) is 4. The fourth-order valence-electron chi connectivity index (χ4n) is 4.20. The first-order chi connectivity index (χ1) is 13.2. The maximum absolute atomic E-state index is 13.3. The summed E-state index contributed by atoms with van der Waals surface area (Å²) in [5.41, 5.74) is 2.38. The fourth-order valence-corrected chi connectivity index (χ4v) is 5.92. The van der Waals surface area contributed by atoms with Crippen LogP contribution in [0.15, 0.2) is 35.4 Å². The lowest BCUT2D eigenvalue weighted by Gasteiger charge is -2.44. The summed E-state index contributed by atoms with van der Waals surface area (Å²) in [5, 5.41) is 9.03. The Morgan fingerprint density at radius 3 is 2.64 bits per heavy atom. The molecule has 4 rings (SSSR count). The topological polar surface area (TPSA) is 94.4 Å². The molecule has 2 aliphatic rings. The highest BCUT2D eigenvalue weighted by atomic mass is 32.2. The molecule has 2 aromatic rings. The Labute approximate surface area is 164 Å². The molecule has 1 amide bonds. The molecule has 28 heavy (non-hydrogen) atoms. The van der Waals surface area contributed by atoms with E-state index in [1.165, 1.54) is 16.4 Å². The van der Waals surface area contributed by atoms with E-state index in [4.69, 9.17) is 5.26 Å². The van der Waals surface area contributed by atoms with Crippen molar-refractivity contribution < 1.29 is 13.2 Å². The van der Waals surface area contributed by atoms with Gasteiger partial charge < -0.3 is 4.90 Å². The van der Waals surface area contributed by atoms with Crippen LogP contribution in [0.2, 0.25) is 0 Å². The number of nitriles is 1. The van der Waals surface area contributed by atoms with Gasteiger partial charge in [-0.3, -0.25) is 9.78 Å². The number of fused-ring (bicyclic) bond motifs is 3. The maximum Gasteiger partial charge on any atom is 0.256 e. The number of hydrogen-bond acceptors (Lipinski definition) is 5. The number of pyridine rings is 1. The molecular weight excluding hydrogens is 376 g/mol. The van der Waals surface area contributed by atoms with Crippen LogP contribution < -0.4 is 0 Å². The number of carbonyl (C=O) groups excluding carboxylic acids is 1. The maximum atomic E-state index is 13.3. The molecule has 1 fully saturated rings. The molecule has 0 radical (unpaired) electrons. The zero-order valence-corrected chi connectivity index (χ0v) is 16.7. The quantitative estimate of drug-likeness (QED) is 0.773. The fraction of sp³-hybridized carbons (Fsp3) is 0.350. The number of hydrogen-bond donors (Lipinski definition) is 0. The molecule has 0 bridgehead atoms. The van der Waals surface area contributed by atoms with E-state index in [0.717, 1.165) is 11.3 Å². The molecule has 0 spiro atoms. The standard InChI is InChI=1S/C20H20N4O3S/c1-13-8-15(10-21)4-5-18(13)28(26,27)23-6-7-24-19(25)16-11-22-14(2)9-17(16)20(24,3)12-23/h4-5,8-9,11H,6-7,12H2,1-3H3. The number of aryl methyl sites for hydroxylation is 2. The summed E-state index contributed by atoms with van der Waals surface area (Å²) >= 11 is 0. The second kappa shape index (κ2) is 6.12. The first-order valence-electron chi connectivity index (χ1n) is 8.98. The molecule has 1 unspecified atom stereocenters. The number of amides is 1. The van der Waals surface area contributed by atoms with Gasteiger partial charge in [0.05, 0.1) is 27.6 Å². The van der Waals surface area contributed by atoms with E-state index in [0.29, 0.717) is 23.2 Å². The van der Waals surface area contributed by atoms with Gasteiger partial charge in [0.1, 0.15) is 0 Å². The highest BCUT2D eigenvalue weighted by molar-refractivity contribution is 7.89. The number of aromatic nitrogens is 1. The number of benzene rings is 1.